The fourth-order valence-corrected chi connectivity index (χ4v) is 4.11. The van der Waals surface area contributed by atoms with E-state index in [0.717, 1.165) is 17.1 Å². The SMILES string of the molecule is CC(OC(=O)Nc1c(C#Cc2cc3cc(C4(C(=O)O)CC4)oc3o2)nsc1N)c1ccccc1. The van der Waals surface area contributed by atoms with Gasteiger partial charge in [0.15, 0.2) is 11.5 Å². The molecule has 3 heterocycles. The number of hydrogen-bond acceptors (Lipinski definition) is 8. The van der Waals surface area contributed by atoms with Gasteiger partial charge in [0, 0.05) is 6.07 Å². The van der Waals surface area contributed by atoms with Crippen LogP contribution in [0.15, 0.2) is 51.3 Å². The average molecular weight is 477 g/mol. The van der Waals surface area contributed by atoms with Gasteiger partial charge in [-0.05, 0) is 54.8 Å². The van der Waals surface area contributed by atoms with Crippen LogP contribution in [0.1, 0.15) is 48.6 Å². The van der Waals surface area contributed by atoms with Crippen molar-refractivity contribution >= 4 is 45.4 Å². The highest BCUT2D eigenvalue weighted by Gasteiger charge is 2.54. The molecule has 1 saturated carbocycles. The molecule has 1 unspecified atom stereocenters. The first kappa shape index (κ1) is 21.6. The Labute approximate surface area is 197 Å². The zero-order chi connectivity index (χ0) is 23.9. The van der Waals surface area contributed by atoms with E-state index in [4.69, 9.17) is 19.3 Å². The Bertz CT molecular complexity index is 1420. The topological polar surface area (TPSA) is 141 Å². The Morgan fingerprint density at radius 1 is 1.24 bits per heavy atom. The Morgan fingerprint density at radius 3 is 2.68 bits per heavy atom. The summed E-state index contributed by atoms with van der Waals surface area (Å²) in [7, 11) is 0. The van der Waals surface area contributed by atoms with Crippen LogP contribution in [0.2, 0.25) is 0 Å². The molecule has 1 aromatic carbocycles. The van der Waals surface area contributed by atoms with Crippen LogP contribution in [0.5, 0.6) is 0 Å². The second-order valence-electron chi connectivity index (χ2n) is 7.96. The number of aliphatic carboxylic acids is 1. The molecule has 5 rings (SSSR count). The van der Waals surface area contributed by atoms with Gasteiger partial charge in [0.05, 0.1) is 5.39 Å². The fraction of sp³-hybridized carbons (Fsp3) is 0.208. The first-order valence-electron chi connectivity index (χ1n) is 10.4. The van der Waals surface area contributed by atoms with Gasteiger partial charge < -0.3 is 24.4 Å². The standard InChI is InChI=1S/C24H19N3O6S/c1-13(14-5-3-2-4-6-14)31-23(30)26-19-17(27-34-20(19)25)8-7-16-11-15-12-18(33-21(15)32-16)24(9-10-24)22(28)29/h2-6,11-13H,9-10,25H2,1H3,(H,26,30)(H,28,29). The molecule has 0 saturated heterocycles. The van der Waals surface area contributed by atoms with Crippen molar-refractivity contribution in [1.82, 2.24) is 4.37 Å². The summed E-state index contributed by atoms with van der Waals surface area (Å²) in [5.74, 6) is 5.66. The molecule has 1 aliphatic rings. The molecule has 0 aliphatic heterocycles. The molecule has 1 fully saturated rings. The first-order valence-corrected chi connectivity index (χ1v) is 11.2. The van der Waals surface area contributed by atoms with Crippen molar-refractivity contribution in [3.8, 4) is 11.8 Å². The second kappa shape index (κ2) is 8.28. The van der Waals surface area contributed by atoms with E-state index in [0.29, 0.717) is 29.7 Å². The molecule has 0 bridgehead atoms. The second-order valence-corrected chi connectivity index (χ2v) is 8.76. The number of benzene rings is 1. The molecule has 1 amide bonds. The van der Waals surface area contributed by atoms with Gasteiger partial charge in [0.25, 0.3) is 5.78 Å². The van der Waals surface area contributed by atoms with Crippen molar-refractivity contribution in [2.24, 2.45) is 0 Å². The number of nitrogens with one attached hydrogen (secondary N) is 1. The van der Waals surface area contributed by atoms with Gasteiger partial charge in [-0.2, -0.15) is 4.37 Å². The van der Waals surface area contributed by atoms with Gasteiger partial charge in [-0.25, -0.2) is 4.79 Å². The lowest BCUT2D eigenvalue weighted by Gasteiger charge is -2.14. The molecular formula is C24H19N3O6S. The van der Waals surface area contributed by atoms with E-state index < -0.39 is 23.6 Å². The number of amides is 1. The summed E-state index contributed by atoms with van der Waals surface area (Å²) in [4.78, 5) is 23.9. The van der Waals surface area contributed by atoms with E-state index in [9.17, 15) is 14.7 Å². The van der Waals surface area contributed by atoms with Gasteiger partial charge in [-0.3, -0.25) is 10.1 Å². The minimum atomic E-state index is -0.946. The van der Waals surface area contributed by atoms with Crippen molar-refractivity contribution in [2.45, 2.75) is 31.3 Å². The van der Waals surface area contributed by atoms with Crippen LogP contribution in [0.25, 0.3) is 11.2 Å². The Morgan fingerprint density at radius 2 is 2.00 bits per heavy atom. The van der Waals surface area contributed by atoms with Gasteiger partial charge in [-0.15, -0.1) is 0 Å². The highest BCUT2D eigenvalue weighted by molar-refractivity contribution is 7.10. The molecular weight excluding hydrogens is 458 g/mol. The number of fused-ring (bicyclic) bond motifs is 1. The number of rotatable bonds is 5. The molecule has 1 atom stereocenters. The van der Waals surface area contributed by atoms with Crippen LogP contribution in [-0.2, 0) is 14.9 Å². The predicted octanol–water partition coefficient (Wildman–Crippen LogP) is 4.89. The molecule has 9 nitrogen and oxygen atoms in total. The number of anilines is 2. The number of ether oxygens (including phenoxy) is 1. The highest BCUT2D eigenvalue weighted by Crippen LogP contribution is 2.50. The maximum absolute atomic E-state index is 12.4. The summed E-state index contributed by atoms with van der Waals surface area (Å²) in [5, 5.41) is 12.9. The largest absolute Gasteiger partial charge is 0.480 e. The normalized spacial score (nSPS) is 14.7. The maximum atomic E-state index is 12.4. The molecule has 34 heavy (non-hydrogen) atoms. The van der Waals surface area contributed by atoms with Crippen LogP contribution < -0.4 is 11.1 Å². The third-order valence-electron chi connectivity index (χ3n) is 5.65. The number of carboxylic acids is 1. The molecule has 10 heteroatoms. The fourth-order valence-electron chi connectivity index (χ4n) is 3.54. The Hall–Kier alpha value is -4.23. The summed E-state index contributed by atoms with van der Waals surface area (Å²) < 4.78 is 20.8. The summed E-state index contributed by atoms with van der Waals surface area (Å²) in [5.41, 5.74) is 6.40. The number of carbonyl (C=O) groups excluding carboxylic acids is 1. The lowest BCUT2D eigenvalue weighted by molar-refractivity contribution is -0.140. The summed E-state index contributed by atoms with van der Waals surface area (Å²) >= 11 is 0.995. The lowest BCUT2D eigenvalue weighted by atomic mass is 10.0. The quantitative estimate of drug-likeness (QED) is 0.345. The van der Waals surface area contributed by atoms with E-state index >= 15 is 0 Å². The van der Waals surface area contributed by atoms with Crippen molar-refractivity contribution in [3.63, 3.8) is 0 Å². The van der Waals surface area contributed by atoms with Crippen molar-refractivity contribution in [2.75, 3.05) is 11.1 Å². The average Bonchev–Trinajstić information content (AvgIpc) is 3.26. The smallest absolute Gasteiger partial charge is 0.412 e. The minimum absolute atomic E-state index is 0.210. The minimum Gasteiger partial charge on any atom is -0.480 e. The van der Waals surface area contributed by atoms with E-state index in [1.165, 1.54) is 0 Å². The molecule has 3 aromatic heterocycles. The molecule has 172 valence electrons. The zero-order valence-electron chi connectivity index (χ0n) is 18.0. The number of carboxylic acid groups (broad SMARTS) is 1. The monoisotopic (exact) mass is 477 g/mol. The molecule has 0 spiro atoms. The predicted molar refractivity (Wildman–Crippen MR) is 124 cm³/mol. The number of nitrogens with two attached hydrogens (primary N) is 1. The van der Waals surface area contributed by atoms with Crippen LogP contribution in [0.4, 0.5) is 15.5 Å². The number of nitrogens with zero attached hydrogens (tertiary/aromatic N) is 1. The number of aromatic nitrogens is 1. The highest BCUT2D eigenvalue weighted by atomic mass is 32.1. The molecule has 4 N–H and O–H groups in total. The van der Waals surface area contributed by atoms with E-state index in [1.807, 2.05) is 30.3 Å². The van der Waals surface area contributed by atoms with E-state index in [-0.39, 0.29) is 22.2 Å². The first-order chi connectivity index (χ1) is 16.4. The summed E-state index contributed by atoms with van der Waals surface area (Å²) in [6, 6.07) is 12.7. The molecule has 1 aliphatic carbocycles. The van der Waals surface area contributed by atoms with Gasteiger partial charge in [0.2, 0.25) is 0 Å². The Kier molecular flexibility index (Phi) is 5.26. The van der Waals surface area contributed by atoms with Crippen LogP contribution >= 0.6 is 11.5 Å². The van der Waals surface area contributed by atoms with Crippen LogP contribution in [0.3, 0.4) is 0 Å². The molecule has 0 radical (unpaired) electrons. The number of furan rings is 2. The Balaban J connectivity index is 1.30. The third kappa shape index (κ3) is 3.97. The number of carbonyl (C=O) groups is 2. The van der Waals surface area contributed by atoms with Crippen molar-refractivity contribution in [1.29, 1.82) is 0 Å². The number of nitrogen functional groups attached to an aromatic ring is 1. The number of hydrogen-bond donors (Lipinski definition) is 3. The van der Waals surface area contributed by atoms with Gasteiger partial charge >= 0.3 is 12.1 Å². The summed E-state index contributed by atoms with van der Waals surface area (Å²) in [6.45, 7) is 1.77. The van der Waals surface area contributed by atoms with Gasteiger partial charge in [-0.1, -0.05) is 30.3 Å². The summed E-state index contributed by atoms with van der Waals surface area (Å²) in [6.07, 6.45) is -0.0538. The van der Waals surface area contributed by atoms with Crippen LogP contribution in [0, 0.1) is 11.8 Å². The van der Waals surface area contributed by atoms with Gasteiger partial charge in [0.1, 0.15) is 28.0 Å². The lowest BCUT2D eigenvalue weighted by Crippen LogP contribution is -2.18. The molecule has 4 aromatic rings. The third-order valence-corrected chi connectivity index (χ3v) is 6.32. The van der Waals surface area contributed by atoms with E-state index in [2.05, 4.69) is 21.5 Å². The van der Waals surface area contributed by atoms with Crippen molar-refractivity contribution < 1.29 is 28.3 Å². The maximum Gasteiger partial charge on any atom is 0.412 e. The van der Waals surface area contributed by atoms with Crippen LogP contribution in [-0.4, -0.2) is 21.5 Å². The van der Waals surface area contributed by atoms with Crippen molar-refractivity contribution in [3.05, 3.63) is 65.2 Å². The zero-order valence-corrected chi connectivity index (χ0v) is 18.8. The van der Waals surface area contributed by atoms with E-state index in [1.54, 1.807) is 19.1 Å².